The van der Waals surface area contributed by atoms with Gasteiger partial charge in [-0.15, -0.1) is 6.58 Å². The van der Waals surface area contributed by atoms with Crippen LogP contribution in [0.5, 0.6) is 0 Å². The Balaban J connectivity index is 1.83. The second-order valence-corrected chi connectivity index (χ2v) is 7.85. The van der Waals surface area contributed by atoms with E-state index in [9.17, 15) is 13.2 Å². The van der Waals surface area contributed by atoms with Crippen LogP contribution in [0.2, 0.25) is 0 Å². The van der Waals surface area contributed by atoms with Gasteiger partial charge in [-0.3, -0.25) is 4.79 Å². The maximum absolute atomic E-state index is 12.4. The van der Waals surface area contributed by atoms with E-state index in [1.165, 1.54) is 4.31 Å². The summed E-state index contributed by atoms with van der Waals surface area (Å²) < 4.78 is 26.4. The van der Waals surface area contributed by atoms with Crippen molar-refractivity contribution in [1.82, 2.24) is 9.62 Å². The monoisotopic (exact) mass is 336 g/mol. The molecule has 1 aromatic rings. The van der Waals surface area contributed by atoms with Crippen LogP contribution in [-0.2, 0) is 21.2 Å². The lowest BCUT2D eigenvalue weighted by Gasteiger charge is -2.30. The van der Waals surface area contributed by atoms with Gasteiger partial charge >= 0.3 is 0 Å². The molecule has 0 bridgehead atoms. The minimum absolute atomic E-state index is 0.00812. The average Bonchev–Trinajstić information content (AvgIpc) is 2.59. The molecule has 1 aliphatic heterocycles. The number of nitrogens with zero attached hydrogens (tertiary/aromatic N) is 1. The largest absolute Gasteiger partial charge is 0.352 e. The third-order valence-electron chi connectivity index (χ3n) is 4.13. The van der Waals surface area contributed by atoms with E-state index >= 15 is 0 Å². The van der Waals surface area contributed by atoms with Crippen LogP contribution in [0.1, 0.15) is 18.4 Å². The van der Waals surface area contributed by atoms with E-state index in [1.807, 2.05) is 30.3 Å². The molecule has 1 fully saturated rings. The number of benzene rings is 1. The Morgan fingerprint density at radius 3 is 2.52 bits per heavy atom. The third kappa shape index (κ3) is 5.18. The first-order valence-electron chi connectivity index (χ1n) is 7.93. The van der Waals surface area contributed by atoms with Crippen LogP contribution in [0.4, 0.5) is 0 Å². The highest BCUT2D eigenvalue weighted by Gasteiger charge is 2.30. The van der Waals surface area contributed by atoms with Gasteiger partial charge in [0, 0.05) is 25.6 Å². The van der Waals surface area contributed by atoms with Gasteiger partial charge in [-0.1, -0.05) is 36.4 Å². The van der Waals surface area contributed by atoms with Gasteiger partial charge in [0.25, 0.3) is 0 Å². The zero-order valence-electron chi connectivity index (χ0n) is 13.3. The molecule has 1 heterocycles. The van der Waals surface area contributed by atoms with Gasteiger partial charge in [0.15, 0.2) is 0 Å². The van der Waals surface area contributed by atoms with Crippen molar-refractivity contribution in [1.29, 1.82) is 0 Å². The zero-order chi connectivity index (χ0) is 16.7. The van der Waals surface area contributed by atoms with Crippen molar-refractivity contribution in [2.24, 2.45) is 5.92 Å². The molecule has 126 valence electrons. The number of rotatable bonds is 7. The number of hydrogen-bond donors (Lipinski definition) is 1. The van der Waals surface area contributed by atoms with Crippen molar-refractivity contribution in [2.45, 2.75) is 19.3 Å². The molecule has 1 aliphatic rings. The number of carbonyl (C=O) groups is 1. The maximum Gasteiger partial charge on any atom is 0.223 e. The number of sulfonamides is 1. The van der Waals surface area contributed by atoms with Gasteiger partial charge in [-0.05, 0) is 24.8 Å². The summed E-state index contributed by atoms with van der Waals surface area (Å²) >= 11 is 0. The van der Waals surface area contributed by atoms with Crippen LogP contribution in [0.15, 0.2) is 43.0 Å². The Bertz CT molecular complexity index is 620. The molecule has 0 spiro atoms. The molecule has 2 rings (SSSR count). The molecule has 23 heavy (non-hydrogen) atoms. The molecule has 0 unspecified atom stereocenters. The topological polar surface area (TPSA) is 66.5 Å². The van der Waals surface area contributed by atoms with Gasteiger partial charge in [0.2, 0.25) is 15.9 Å². The summed E-state index contributed by atoms with van der Waals surface area (Å²) in [6, 6.07) is 9.61. The van der Waals surface area contributed by atoms with E-state index in [-0.39, 0.29) is 17.6 Å². The molecule has 0 atom stereocenters. The van der Waals surface area contributed by atoms with E-state index in [2.05, 4.69) is 11.9 Å². The van der Waals surface area contributed by atoms with Crippen molar-refractivity contribution >= 4 is 15.9 Å². The first-order valence-corrected chi connectivity index (χ1v) is 9.54. The molecule has 1 saturated heterocycles. The van der Waals surface area contributed by atoms with Gasteiger partial charge < -0.3 is 5.32 Å². The van der Waals surface area contributed by atoms with Gasteiger partial charge in [-0.25, -0.2) is 12.7 Å². The molecule has 0 saturated carbocycles. The fraction of sp³-hybridized carbons (Fsp3) is 0.471. The summed E-state index contributed by atoms with van der Waals surface area (Å²) in [6.07, 6.45) is 3.31. The summed E-state index contributed by atoms with van der Waals surface area (Å²) in [7, 11) is -3.26. The number of amides is 1. The van der Waals surface area contributed by atoms with Gasteiger partial charge in [0.1, 0.15) is 0 Å². The SMILES string of the molecule is C=CCNC(=O)C1CCN(S(=O)(=O)CCc2ccccc2)CC1. The number of piperidine rings is 1. The van der Waals surface area contributed by atoms with Crippen LogP contribution in [-0.4, -0.2) is 44.0 Å². The number of hydrogen-bond acceptors (Lipinski definition) is 3. The first-order chi connectivity index (χ1) is 11.0. The van der Waals surface area contributed by atoms with E-state index in [1.54, 1.807) is 6.08 Å². The number of nitrogens with one attached hydrogen (secondary N) is 1. The van der Waals surface area contributed by atoms with E-state index < -0.39 is 10.0 Å². The van der Waals surface area contributed by atoms with E-state index in [4.69, 9.17) is 0 Å². The van der Waals surface area contributed by atoms with Crippen LogP contribution in [0, 0.1) is 5.92 Å². The Kier molecular flexibility index (Phi) is 6.36. The predicted molar refractivity (Wildman–Crippen MR) is 91.4 cm³/mol. The zero-order valence-corrected chi connectivity index (χ0v) is 14.1. The van der Waals surface area contributed by atoms with Crippen molar-refractivity contribution < 1.29 is 13.2 Å². The molecule has 1 aromatic carbocycles. The Labute approximate surface area is 138 Å². The average molecular weight is 336 g/mol. The quantitative estimate of drug-likeness (QED) is 0.769. The van der Waals surface area contributed by atoms with E-state index in [0.717, 1.165) is 5.56 Å². The summed E-state index contributed by atoms with van der Waals surface area (Å²) in [5, 5.41) is 2.78. The molecular weight excluding hydrogens is 312 g/mol. The minimum atomic E-state index is -3.26. The normalized spacial score (nSPS) is 16.9. The van der Waals surface area contributed by atoms with Crippen LogP contribution >= 0.6 is 0 Å². The predicted octanol–water partition coefficient (Wildman–Crippen LogP) is 1.57. The van der Waals surface area contributed by atoms with Crippen LogP contribution in [0.3, 0.4) is 0 Å². The molecule has 5 nitrogen and oxygen atoms in total. The van der Waals surface area contributed by atoms with Crippen LogP contribution < -0.4 is 5.32 Å². The Morgan fingerprint density at radius 1 is 1.26 bits per heavy atom. The molecule has 0 radical (unpaired) electrons. The molecule has 1 amide bonds. The fourth-order valence-electron chi connectivity index (χ4n) is 2.73. The summed E-state index contributed by atoms with van der Waals surface area (Å²) in [6.45, 7) is 4.86. The van der Waals surface area contributed by atoms with Crippen molar-refractivity contribution in [3.8, 4) is 0 Å². The van der Waals surface area contributed by atoms with E-state index in [0.29, 0.717) is 38.9 Å². The summed E-state index contributed by atoms with van der Waals surface area (Å²) in [4.78, 5) is 11.9. The minimum Gasteiger partial charge on any atom is -0.352 e. The van der Waals surface area contributed by atoms with Gasteiger partial charge in [-0.2, -0.15) is 0 Å². The van der Waals surface area contributed by atoms with Crippen molar-refractivity contribution in [2.75, 3.05) is 25.4 Å². The van der Waals surface area contributed by atoms with Crippen molar-refractivity contribution in [3.63, 3.8) is 0 Å². The first kappa shape index (κ1) is 17.7. The highest BCUT2D eigenvalue weighted by atomic mass is 32.2. The van der Waals surface area contributed by atoms with Crippen LogP contribution in [0.25, 0.3) is 0 Å². The maximum atomic E-state index is 12.4. The molecule has 0 aliphatic carbocycles. The molecular formula is C17H24N2O3S. The lowest BCUT2D eigenvalue weighted by atomic mass is 9.97. The van der Waals surface area contributed by atoms with Gasteiger partial charge in [0.05, 0.1) is 5.75 Å². The molecule has 0 aromatic heterocycles. The Hall–Kier alpha value is -1.66. The molecule has 1 N–H and O–H groups in total. The third-order valence-corrected chi connectivity index (χ3v) is 6.00. The smallest absolute Gasteiger partial charge is 0.223 e. The summed E-state index contributed by atoms with van der Waals surface area (Å²) in [5.41, 5.74) is 1.02. The highest BCUT2D eigenvalue weighted by Crippen LogP contribution is 2.20. The second kappa shape index (κ2) is 8.26. The fourth-order valence-corrected chi connectivity index (χ4v) is 4.25. The standard InChI is InChI=1S/C17H24N2O3S/c1-2-11-18-17(20)16-8-12-19(13-9-16)23(21,22)14-10-15-6-4-3-5-7-15/h2-7,16H,1,8-14H2,(H,18,20). The highest BCUT2D eigenvalue weighted by molar-refractivity contribution is 7.89. The number of carbonyl (C=O) groups excluding carboxylic acids is 1. The Morgan fingerprint density at radius 2 is 1.91 bits per heavy atom. The number of aryl methyl sites for hydroxylation is 1. The lowest BCUT2D eigenvalue weighted by Crippen LogP contribution is -2.44. The second-order valence-electron chi connectivity index (χ2n) is 5.76. The van der Waals surface area contributed by atoms with Crippen molar-refractivity contribution in [3.05, 3.63) is 48.6 Å². The lowest BCUT2D eigenvalue weighted by molar-refractivity contribution is -0.125. The summed E-state index contributed by atoms with van der Waals surface area (Å²) in [5.74, 6) is 0.00593. The molecule has 6 heteroatoms.